The van der Waals surface area contributed by atoms with Crippen LogP contribution in [0, 0.1) is 5.92 Å². The van der Waals surface area contributed by atoms with Gasteiger partial charge in [0.15, 0.2) is 0 Å². The van der Waals surface area contributed by atoms with Crippen LogP contribution in [-0.2, 0) is 22.5 Å². The van der Waals surface area contributed by atoms with Crippen molar-refractivity contribution in [2.24, 2.45) is 5.92 Å². The molecule has 9 heteroatoms. The molecule has 2 amide bonds. The van der Waals surface area contributed by atoms with Gasteiger partial charge in [0.05, 0.1) is 13.2 Å². The van der Waals surface area contributed by atoms with Gasteiger partial charge in [0, 0.05) is 43.1 Å². The number of nitrogens with zero attached hydrogens (tertiary/aromatic N) is 1. The molecule has 1 aliphatic carbocycles. The van der Waals surface area contributed by atoms with Gasteiger partial charge in [-0.15, -0.1) is 0 Å². The summed E-state index contributed by atoms with van der Waals surface area (Å²) in [6.45, 7) is 3.33. The van der Waals surface area contributed by atoms with Crippen molar-refractivity contribution in [3.8, 4) is 5.75 Å². The number of rotatable bonds is 11. The summed E-state index contributed by atoms with van der Waals surface area (Å²) in [5, 5.41) is 25.8. The van der Waals surface area contributed by atoms with E-state index in [0.29, 0.717) is 49.6 Å². The summed E-state index contributed by atoms with van der Waals surface area (Å²) in [6, 6.07) is 13.5. The zero-order chi connectivity index (χ0) is 25.3. The third kappa shape index (κ3) is 7.32. The quantitative estimate of drug-likeness (QED) is 0.356. The van der Waals surface area contributed by atoms with Crippen LogP contribution in [0.2, 0.25) is 0 Å². The molecule has 191 valence electrons. The lowest BCUT2D eigenvalue weighted by molar-refractivity contribution is -0.123. The minimum atomic E-state index is -0.819. The van der Waals surface area contributed by atoms with E-state index >= 15 is 0 Å². The molecular formula is C27H35BN3O5. The van der Waals surface area contributed by atoms with Crippen LogP contribution in [0.15, 0.2) is 48.5 Å². The largest absolute Gasteiger partial charge is 0.508 e. The van der Waals surface area contributed by atoms with Crippen molar-refractivity contribution in [3.63, 3.8) is 0 Å². The van der Waals surface area contributed by atoms with Crippen LogP contribution in [-0.4, -0.2) is 72.6 Å². The van der Waals surface area contributed by atoms with Crippen molar-refractivity contribution in [2.75, 3.05) is 26.3 Å². The molecule has 1 saturated carbocycles. The first-order valence-electron chi connectivity index (χ1n) is 12.8. The van der Waals surface area contributed by atoms with Crippen molar-refractivity contribution in [2.45, 2.75) is 50.6 Å². The standard InChI is InChI=1S/C27H35BN3O5/c32-24-10-9-21(17-22(24)18-31-11-13-36-14-12-31)26(33)29-23(15-19-5-2-1-3-6-19)27(34)30-25(28-35)16-20-7-4-8-20/h1-3,5-6,9-10,17,20,23,25,32,35H,4,7-8,11-16,18H2,(H,29,33)(H,30,34)/t23-,25-/m0/s1. The predicted molar refractivity (Wildman–Crippen MR) is 137 cm³/mol. The number of phenolic OH excluding ortho intramolecular Hbond substituents is 1. The molecule has 0 spiro atoms. The van der Waals surface area contributed by atoms with Crippen molar-refractivity contribution in [3.05, 3.63) is 65.2 Å². The van der Waals surface area contributed by atoms with Gasteiger partial charge in [-0.1, -0.05) is 49.6 Å². The van der Waals surface area contributed by atoms with Gasteiger partial charge in [0.25, 0.3) is 5.91 Å². The normalized spacial score (nSPS) is 18.0. The Kier molecular flexibility index (Phi) is 9.38. The first-order valence-corrected chi connectivity index (χ1v) is 12.8. The first-order chi connectivity index (χ1) is 17.5. The summed E-state index contributed by atoms with van der Waals surface area (Å²) < 4.78 is 5.39. The summed E-state index contributed by atoms with van der Waals surface area (Å²) in [5.74, 6) is -0.546. The molecule has 2 aliphatic rings. The highest BCUT2D eigenvalue weighted by atomic mass is 16.5. The average Bonchev–Trinajstić information content (AvgIpc) is 2.87. The van der Waals surface area contributed by atoms with E-state index < -0.39 is 17.9 Å². The van der Waals surface area contributed by atoms with Crippen LogP contribution in [0.25, 0.3) is 0 Å². The van der Waals surface area contributed by atoms with Gasteiger partial charge >= 0.3 is 7.48 Å². The number of nitrogens with one attached hydrogen (secondary N) is 2. The van der Waals surface area contributed by atoms with Gasteiger partial charge in [0.2, 0.25) is 5.91 Å². The number of benzene rings is 2. The van der Waals surface area contributed by atoms with E-state index in [1.54, 1.807) is 12.1 Å². The summed E-state index contributed by atoms with van der Waals surface area (Å²) in [7, 11) is 1.04. The number of carbonyl (C=O) groups is 2. The van der Waals surface area contributed by atoms with Crippen LogP contribution in [0.1, 0.15) is 47.2 Å². The van der Waals surface area contributed by atoms with E-state index in [1.165, 1.54) is 12.5 Å². The third-order valence-electron chi connectivity index (χ3n) is 7.06. The Morgan fingerprint density at radius 3 is 2.50 bits per heavy atom. The lowest BCUT2D eigenvalue weighted by Gasteiger charge is -2.30. The molecule has 0 aromatic heterocycles. The number of carbonyl (C=O) groups excluding carboxylic acids is 2. The molecule has 4 N–H and O–H groups in total. The maximum atomic E-state index is 13.2. The van der Waals surface area contributed by atoms with Crippen LogP contribution >= 0.6 is 0 Å². The molecule has 2 fully saturated rings. The van der Waals surface area contributed by atoms with Crippen LogP contribution in [0.5, 0.6) is 5.75 Å². The van der Waals surface area contributed by atoms with Crippen molar-refractivity contribution < 1.29 is 24.5 Å². The molecule has 1 aliphatic heterocycles. The number of hydrogen-bond donors (Lipinski definition) is 4. The molecule has 2 aromatic carbocycles. The Morgan fingerprint density at radius 1 is 1.08 bits per heavy atom. The molecule has 4 rings (SSSR count). The fourth-order valence-electron chi connectivity index (χ4n) is 4.68. The Morgan fingerprint density at radius 2 is 1.83 bits per heavy atom. The highest BCUT2D eigenvalue weighted by Crippen LogP contribution is 2.30. The molecule has 2 atom stereocenters. The van der Waals surface area contributed by atoms with E-state index in [2.05, 4.69) is 15.5 Å². The van der Waals surface area contributed by atoms with Gasteiger partial charge in [-0.3, -0.25) is 14.5 Å². The number of morpholine rings is 1. The van der Waals surface area contributed by atoms with Crippen molar-refractivity contribution in [1.82, 2.24) is 15.5 Å². The van der Waals surface area contributed by atoms with E-state index in [4.69, 9.17) is 4.74 Å². The van der Waals surface area contributed by atoms with Gasteiger partial charge in [-0.2, -0.15) is 0 Å². The molecule has 8 nitrogen and oxygen atoms in total. The van der Waals surface area contributed by atoms with Gasteiger partial charge in [0.1, 0.15) is 11.8 Å². The second kappa shape index (κ2) is 12.9. The highest BCUT2D eigenvalue weighted by molar-refractivity contribution is 6.28. The maximum Gasteiger partial charge on any atom is 0.311 e. The van der Waals surface area contributed by atoms with Gasteiger partial charge in [-0.25, -0.2) is 0 Å². The summed E-state index contributed by atoms with van der Waals surface area (Å²) >= 11 is 0. The second-order valence-corrected chi connectivity index (χ2v) is 9.74. The molecule has 1 saturated heterocycles. The van der Waals surface area contributed by atoms with Crippen molar-refractivity contribution in [1.29, 1.82) is 0 Å². The molecule has 2 aromatic rings. The van der Waals surface area contributed by atoms with Crippen LogP contribution < -0.4 is 10.6 Å². The smallest absolute Gasteiger partial charge is 0.311 e. The predicted octanol–water partition coefficient (Wildman–Crippen LogP) is 1.81. The molecule has 1 heterocycles. The number of aromatic hydroxyl groups is 1. The van der Waals surface area contributed by atoms with Gasteiger partial charge < -0.3 is 25.5 Å². The minimum absolute atomic E-state index is 0.133. The average molecular weight is 492 g/mol. The summed E-state index contributed by atoms with van der Waals surface area (Å²) in [5.41, 5.74) is 1.95. The maximum absolute atomic E-state index is 13.2. The first kappa shape index (κ1) is 26.2. The lowest BCUT2D eigenvalue weighted by atomic mass is 9.73. The third-order valence-corrected chi connectivity index (χ3v) is 7.06. The molecule has 1 radical (unpaired) electrons. The minimum Gasteiger partial charge on any atom is -0.508 e. The fourth-order valence-corrected chi connectivity index (χ4v) is 4.68. The summed E-state index contributed by atoms with van der Waals surface area (Å²) in [4.78, 5) is 28.6. The molecule has 0 unspecified atom stereocenters. The van der Waals surface area contributed by atoms with E-state index in [1.807, 2.05) is 30.3 Å². The van der Waals surface area contributed by atoms with Crippen LogP contribution in [0.4, 0.5) is 0 Å². The van der Waals surface area contributed by atoms with E-state index in [9.17, 15) is 19.7 Å². The number of hydrogen-bond acceptors (Lipinski definition) is 6. The monoisotopic (exact) mass is 492 g/mol. The van der Waals surface area contributed by atoms with E-state index in [-0.39, 0.29) is 11.7 Å². The second-order valence-electron chi connectivity index (χ2n) is 9.74. The zero-order valence-electron chi connectivity index (χ0n) is 20.6. The Bertz CT molecular complexity index is 1010. The number of amides is 2. The number of ether oxygens (including phenoxy) is 1. The van der Waals surface area contributed by atoms with E-state index in [0.717, 1.165) is 39.0 Å². The Balaban J connectivity index is 1.46. The highest BCUT2D eigenvalue weighted by Gasteiger charge is 2.28. The lowest BCUT2D eigenvalue weighted by Crippen LogP contribution is -2.52. The van der Waals surface area contributed by atoms with Gasteiger partial charge in [-0.05, 0) is 36.1 Å². The Labute approximate surface area is 213 Å². The van der Waals surface area contributed by atoms with Crippen LogP contribution in [0.3, 0.4) is 0 Å². The topological polar surface area (TPSA) is 111 Å². The fraction of sp³-hybridized carbons (Fsp3) is 0.481. The SMILES string of the molecule is O=C(N[C@@H](Cc1ccccc1)C(=O)N[C@H]([B]O)CC1CCC1)c1ccc(O)c(CN2CCOCC2)c1. The summed E-state index contributed by atoms with van der Waals surface area (Å²) in [6.07, 6.45) is 4.41. The zero-order valence-corrected chi connectivity index (χ0v) is 20.6. The Hall–Kier alpha value is -2.88. The van der Waals surface area contributed by atoms with Crippen molar-refractivity contribution >= 4 is 19.3 Å². The number of phenols is 1. The molecule has 36 heavy (non-hydrogen) atoms. The molecular weight excluding hydrogens is 457 g/mol. The molecule has 0 bridgehead atoms.